The minimum atomic E-state index is 0.00416. The number of carbonyl (C=O) groups excluding carboxylic acids is 1. The summed E-state index contributed by atoms with van der Waals surface area (Å²) >= 11 is 3.42. The average molecular weight is 306 g/mol. The lowest BCUT2D eigenvalue weighted by molar-refractivity contribution is 0.0645. The number of aromatic nitrogens is 2. The molecule has 2 aromatic heterocycles. The van der Waals surface area contributed by atoms with Gasteiger partial charge in [-0.3, -0.25) is 9.78 Å². The van der Waals surface area contributed by atoms with E-state index in [2.05, 4.69) is 25.9 Å². The highest BCUT2D eigenvalue weighted by molar-refractivity contribution is 9.10. The SMILES string of the molecule is Cc1cc2nc(C(=O)N3CCC3)c(Br)cc2cn1. The Labute approximate surface area is 113 Å². The molecule has 0 N–H and O–H groups in total. The third-order valence-electron chi connectivity index (χ3n) is 3.14. The monoisotopic (exact) mass is 305 g/mol. The second-order valence-electron chi connectivity index (χ2n) is 4.48. The molecule has 2 aromatic rings. The van der Waals surface area contributed by atoms with Gasteiger partial charge < -0.3 is 4.90 Å². The number of nitrogens with zero attached hydrogens (tertiary/aromatic N) is 3. The van der Waals surface area contributed by atoms with Crippen LogP contribution >= 0.6 is 15.9 Å². The highest BCUT2D eigenvalue weighted by Crippen LogP contribution is 2.24. The van der Waals surface area contributed by atoms with Crippen molar-refractivity contribution in [1.82, 2.24) is 14.9 Å². The molecule has 4 nitrogen and oxygen atoms in total. The molecule has 1 aliphatic rings. The number of aryl methyl sites for hydroxylation is 1. The maximum atomic E-state index is 12.2. The summed E-state index contributed by atoms with van der Waals surface area (Å²) in [6.07, 6.45) is 2.86. The molecular formula is C13H12BrN3O. The molecule has 18 heavy (non-hydrogen) atoms. The zero-order valence-electron chi connectivity index (χ0n) is 9.98. The standard InChI is InChI=1S/C13H12BrN3O/c1-8-5-11-9(7-15-8)6-10(14)12(16-11)13(18)17-3-2-4-17/h5-7H,2-4H2,1H3. The Morgan fingerprint density at radius 1 is 1.39 bits per heavy atom. The van der Waals surface area contributed by atoms with Crippen molar-refractivity contribution in [2.24, 2.45) is 0 Å². The number of pyridine rings is 2. The summed E-state index contributed by atoms with van der Waals surface area (Å²) in [6, 6.07) is 3.80. The predicted octanol–water partition coefficient (Wildman–Crippen LogP) is 2.55. The molecule has 5 heteroatoms. The van der Waals surface area contributed by atoms with Crippen LogP contribution in [0.3, 0.4) is 0 Å². The molecule has 0 aromatic carbocycles. The summed E-state index contributed by atoms with van der Waals surface area (Å²) in [5, 5.41) is 0.938. The van der Waals surface area contributed by atoms with E-state index in [0.29, 0.717) is 5.69 Å². The second-order valence-corrected chi connectivity index (χ2v) is 5.34. The van der Waals surface area contributed by atoms with E-state index in [1.807, 2.05) is 24.0 Å². The van der Waals surface area contributed by atoms with Gasteiger partial charge in [0.15, 0.2) is 0 Å². The summed E-state index contributed by atoms with van der Waals surface area (Å²) in [6.45, 7) is 3.58. The summed E-state index contributed by atoms with van der Waals surface area (Å²) in [5.74, 6) is 0.00416. The van der Waals surface area contributed by atoms with E-state index >= 15 is 0 Å². The zero-order chi connectivity index (χ0) is 12.7. The molecule has 0 bridgehead atoms. The van der Waals surface area contributed by atoms with Crippen molar-refractivity contribution in [2.75, 3.05) is 13.1 Å². The molecule has 0 radical (unpaired) electrons. The van der Waals surface area contributed by atoms with Gasteiger partial charge in [-0.1, -0.05) is 0 Å². The molecule has 0 atom stereocenters. The molecule has 1 saturated heterocycles. The van der Waals surface area contributed by atoms with Crippen LogP contribution in [-0.2, 0) is 0 Å². The molecule has 1 aliphatic heterocycles. The first-order valence-corrected chi connectivity index (χ1v) is 6.66. The first kappa shape index (κ1) is 11.6. The molecule has 0 spiro atoms. The van der Waals surface area contributed by atoms with Crippen molar-refractivity contribution >= 4 is 32.7 Å². The molecule has 0 unspecified atom stereocenters. The van der Waals surface area contributed by atoms with E-state index in [-0.39, 0.29) is 5.91 Å². The number of hydrogen-bond acceptors (Lipinski definition) is 3. The normalized spacial score (nSPS) is 14.7. The quantitative estimate of drug-likeness (QED) is 0.813. The smallest absolute Gasteiger partial charge is 0.273 e. The lowest BCUT2D eigenvalue weighted by atomic mass is 10.1. The largest absolute Gasteiger partial charge is 0.337 e. The van der Waals surface area contributed by atoms with Crippen LogP contribution in [0.1, 0.15) is 22.6 Å². The van der Waals surface area contributed by atoms with E-state index in [1.165, 1.54) is 0 Å². The Kier molecular flexibility index (Phi) is 2.78. The number of rotatable bonds is 1. The van der Waals surface area contributed by atoms with Gasteiger partial charge in [-0.15, -0.1) is 0 Å². The lowest BCUT2D eigenvalue weighted by Crippen LogP contribution is -2.42. The van der Waals surface area contributed by atoms with Gasteiger partial charge in [0.05, 0.1) is 5.52 Å². The van der Waals surface area contributed by atoms with Crippen molar-refractivity contribution in [1.29, 1.82) is 0 Å². The van der Waals surface area contributed by atoms with Gasteiger partial charge in [0.1, 0.15) is 5.69 Å². The Morgan fingerprint density at radius 3 is 2.83 bits per heavy atom. The molecule has 0 saturated carbocycles. The van der Waals surface area contributed by atoms with E-state index < -0.39 is 0 Å². The third-order valence-corrected chi connectivity index (χ3v) is 3.74. The number of hydrogen-bond donors (Lipinski definition) is 0. The fourth-order valence-corrected chi connectivity index (χ4v) is 2.47. The Balaban J connectivity index is 2.10. The molecule has 3 heterocycles. The van der Waals surface area contributed by atoms with Crippen LogP contribution in [0.5, 0.6) is 0 Å². The molecule has 1 fully saturated rings. The van der Waals surface area contributed by atoms with Crippen LogP contribution in [0.25, 0.3) is 10.9 Å². The maximum absolute atomic E-state index is 12.2. The van der Waals surface area contributed by atoms with Crippen molar-refractivity contribution < 1.29 is 4.79 Å². The van der Waals surface area contributed by atoms with Gasteiger partial charge >= 0.3 is 0 Å². The Morgan fingerprint density at radius 2 is 2.17 bits per heavy atom. The predicted molar refractivity (Wildman–Crippen MR) is 72.5 cm³/mol. The first-order chi connectivity index (χ1) is 8.65. The van der Waals surface area contributed by atoms with Gasteiger partial charge in [-0.2, -0.15) is 0 Å². The van der Waals surface area contributed by atoms with Crippen LogP contribution in [-0.4, -0.2) is 33.9 Å². The second kappa shape index (κ2) is 4.31. The van der Waals surface area contributed by atoms with Gasteiger partial charge in [0, 0.05) is 34.8 Å². The number of halogens is 1. The minimum absolute atomic E-state index is 0.00416. The van der Waals surface area contributed by atoms with Crippen LogP contribution in [0.2, 0.25) is 0 Å². The highest BCUT2D eigenvalue weighted by atomic mass is 79.9. The number of amides is 1. The summed E-state index contributed by atoms with van der Waals surface area (Å²) < 4.78 is 0.734. The first-order valence-electron chi connectivity index (χ1n) is 5.87. The number of likely N-dealkylation sites (tertiary alicyclic amines) is 1. The molecular weight excluding hydrogens is 294 g/mol. The van der Waals surface area contributed by atoms with Crippen molar-refractivity contribution in [2.45, 2.75) is 13.3 Å². The average Bonchev–Trinajstić information content (AvgIpc) is 2.26. The van der Waals surface area contributed by atoms with Gasteiger partial charge in [-0.25, -0.2) is 4.98 Å². The summed E-state index contributed by atoms with van der Waals surface area (Å²) in [4.78, 5) is 22.7. The van der Waals surface area contributed by atoms with E-state index in [4.69, 9.17) is 0 Å². The van der Waals surface area contributed by atoms with Gasteiger partial charge in [0.2, 0.25) is 0 Å². The summed E-state index contributed by atoms with van der Waals surface area (Å²) in [7, 11) is 0. The molecule has 0 aliphatic carbocycles. The number of fused-ring (bicyclic) bond motifs is 1. The van der Waals surface area contributed by atoms with Crippen LogP contribution < -0.4 is 0 Å². The summed E-state index contributed by atoms with van der Waals surface area (Å²) in [5.41, 5.74) is 2.21. The van der Waals surface area contributed by atoms with E-state index in [1.54, 1.807) is 6.20 Å². The molecule has 92 valence electrons. The van der Waals surface area contributed by atoms with Crippen LogP contribution in [0.4, 0.5) is 0 Å². The van der Waals surface area contributed by atoms with Gasteiger partial charge in [-0.05, 0) is 41.4 Å². The van der Waals surface area contributed by atoms with Crippen LogP contribution in [0, 0.1) is 6.92 Å². The minimum Gasteiger partial charge on any atom is -0.337 e. The Hall–Kier alpha value is -1.49. The fourth-order valence-electron chi connectivity index (χ4n) is 1.96. The topological polar surface area (TPSA) is 46.1 Å². The van der Waals surface area contributed by atoms with Crippen LogP contribution in [0.15, 0.2) is 22.8 Å². The third kappa shape index (κ3) is 1.88. The number of carbonyl (C=O) groups is 1. The fraction of sp³-hybridized carbons (Fsp3) is 0.308. The molecule has 1 amide bonds. The Bertz CT molecular complexity index is 637. The van der Waals surface area contributed by atoms with E-state index in [0.717, 1.165) is 40.6 Å². The lowest BCUT2D eigenvalue weighted by Gasteiger charge is -2.30. The van der Waals surface area contributed by atoms with Crippen molar-refractivity contribution in [3.63, 3.8) is 0 Å². The van der Waals surface area contributed by atoms with E-state index in [9.17, 15) is 4.79 Å². The maximum Gasteiger partial charge on any atom is 0.273 e. The van der Waals surface area contributed by atoms with Crippen molar-refractivity contribution in [3.05, 3.63) is 34.2 Å². The highest BCUT2D eigenvalue weighted by Gasteiger charge is 2.24. The zero-order valence-corrected chi connectivity index (χ0v) is 11.6. The van der Waals surface area contributed by atoms with Crippen molar-refractivity contribution in [3.8, 4) is 0 Å². The molecule has 3 rings (SSSR count). The van der Waals surface area contributed by atoms with Gasteiger partial charge in [0.25, 0.3) is 5.91 Å².